The zero-order valence-electron chi connectivity index (χ0n) is 17.6. The Kier molecular flexibility index (Phi) is 7.32. The minimum absolute atomic E-state index is 0.0377. The fraction of sp³-hybridized carbons (Fsp3) is 0.174. The predicted octanol–water partition coefficient (Wildman–Crippen LogP) is 3.67. The van der Waals surface area contributed by atoms with Gasteiger partial charge in [0.25, 0.3) is 15.9 Å². The van der Waals surface area contributed by atoms with Crippen LogP contribution in [-0.2, 0) is 21.4 Å². The first-order valence-electron chi connectivity index (χ1n) is 9.65. The Morgan fingerprint density at radius 2 is 1.72 bits per heavy atom. The molecule has 3 rings (SSSR count). The zero-order chi connectivity index (χ0) is 23.1. The van der Waals surface area contributed by atoms with E-state index in [9.17, 15) is 17.6 Å². The Morgan fingerprint density at radius 3 is 2.41 bits per heavy atom. The Hall–Kier alpha value is -3.59. The molecule has 0 unspecified atom stereocenters. The quantitative estimate of drug-likeness (QED) is 0.529. The number of sulfonamides is 1. The Balaban J connectivity index is 1.58. The summed E-state index contributed by atoms with van der Waals surface area (Å²) >= 11 is 0. The van der Waals surface area contributed by atoms with E-state index in [2.05, 4.69) is 4.72 Å². The smallest absolute Gasteiger partial charge is 0.261 e. The molecule has 0 saturated carbocycles. The molecule has 0 aromatic heterocycles. The van der Waals surface area contributed by atoms with Gasteiger partial charge in [-0.05, 0) is 42.5 Å². The molecule has 0 radical (unpaired) electrons. The molecule has 0 atom stereocenters. The van der Waals surface area contributed by atoms with E-state index < -0.39 is 10.0 Å². The van der Waals surface area contributed by atoms with Gasteiger partial charge in [-0.25, -0.2) is 12.8 Å². The van der Waals surface area contributed by atoms with E-state index in [1.165, 1.54) is 42.3 Å². The average molecular weight is 459 g/mol. The normalized spacial score (nSPS) is 11.0. The van der Waals surface area contributed by atoms with Crippen LogP contribution in [-0.4, -0.2) is 40.0 Å². The van der Waals surface area contributed by atoms with Gasteiger partial charge < -0.3 is 14.4 Å². The summed E-state index contributed by atoms with van der Waals surface area (Å²) < 4.78 is 51.9. The number of amides is 1. The van der Waals surface area contributed by atoms with Crippen molar-refractivity contribution in [3.05, 3.63) is 84.2 Å². The number of nitrogens with one attached hydrogen (secondary N) is 1. The molecule has 3 aromatic carbocycles. The van der Waals surface area contributed by atoms with E-state index in [4.69, 9.17) is 9.47 Å². The van der Waals surface area contributed by atoms with Crippen LogP contribution in [0.2, 0.25) is 0 Å². The Morgan fingerprint density at radius 1 is 1.00 bits per heavy atom. The van der Waals surface area contributed by atoms with Gasteiger partial charge in [-0.1, -0.05) is 24.3 Å². The topological polar surface area (TPSA) is 84.9 Å². The number of anilines is 1. The highest BCUT2D eigenvalue weighted by Crippen LogP contribution is 2.22. The van der Waals surface area contributed by atoms with E-state index in [1.807, 2.05) is 0 Å². The third-order valence-corrected chi connectivity index (χ3v) is 6.01. The molecule has 9 heteroatoms. The third kappa shape index (κ3) is 5.98. The lowest BCUT2D eigenvalue weighted by atomic mass is 10.2. The van der Waals surface area contributed by atoms with Crippen LogP contribution in [0.1, 0.15) is 5.56 Å². The van der Waals surface area contributed by atoms with Crippen molar-refractivity contribution in [1.29, 1.82) is 0 Å². The summed E-state index contributed by atoms with van der Waals surface area (Å²) in [4.78, 5) is 13.7. The van der Waals surface area contributed by atoms with Crippen molar-refractivity contribution in [3.8, 4) is 11.5 Å². The number of likely N-dealkylation sites (N-methyl/N-ethyl adjacent to an activating group) is 1. The predicted molar refractivity (Wildman–Crippen MR) is 119 cm³/mol. The number of benzene rings is 3. The van der Waals surface area contributed by atoms with E-state index >= 15 is 0 Å². The maximum absolute atomic E-state index is 13.7. The molecular formula is C23H23FN2O5S. The monoisotopic (exact) mass is 458 g/mol. The highest BCUT2D eigenvalue weighted by Gasteiger charge is 2.16. The first-order valence-corrected chi connectivity index (χ1v) is 11.1. The van der Waals surface area contributed by atoms with E-state index in [0.717, 1.165) is 0 Å². The molecule has 1 amide bonds. The molecule has 32 heavy (non-hydrogen) atoms. The number of nitrogens with zero attached hydrogens (tertiary/aromatic N) is 1. The molecule has 0 fully saturated rings. The van der Waals surface area contributed by atoms with Gasteiger partial charge in [0.1, 0.15) is 17.3 Å². The summed E-state index contributed by atoms with van der Waals surface area (Å²) in [6.45, 7) is -0.152. The van der Waals surface area contributed by atoms with Gasteiger partial charge in [0, 0.05) is 25.2 Å². The lowest BCUT2D eigenvalue weighted by Crippen LogP contribution is -2.31. The van der Waals surface area contributed by atoms with Crippen LogP contribution >= 0.6 is 0 Å². The van der Waals surface area contributed by atoms with Crippen LogP contribution in [0.3, 0.4) is 0 Å². The van der Waals surface area contributed by atoms with Crippen LogP contribution in [0.15, 0.2) is 77.7 Å². The van der Waals surface area contributed by atoms with Crippen molar-refractivity contribution in [2.24, 2.45) is 0 Å². The van der Waals surface area contributed by atoms with Gasteiger partial charge in [0.15, 0.2) is 6.61 Å². The second-order valence-electron chi connectivity index (χ2n) is 6.94. The Bertz CT molecular complexity index is 1180. The van der Waals surface area contributed by atoms with Gasteiger partial charge in [0.2, 0.25) is 0 Å². The largest absolute Gasteiger partial charge is 0.497 e. The van der Waals surface area contributed by atoms with Gasteiger partial charge >= 0.3 is 0 Å². The van der Waals surface area contributed by atoms with Crippen LogP contribution in [0.5, 0.6) is 11.5 Å². The fourth-order valence-corrected chi connectivity index (χ4v) is 3.89. The number of hydrogen-bond donors (Lipinski definition) is 1. The van der Waals surface area contributed by atoms with Gasteiger partial charge in [-0.3, -0.25) is 9.52 Å². The molecule has 0 aliphatic carbocycles. The minimum atomic E-state index is -3.81. The van der Waals surface area contributed by atoms with Crippen LogP contribution in [0, 0.1) is 5.82 Å². The summed E-state index contributed by atoms with van der Waals surface area (Å²) in [5, 5.41) is 0. The maximum Gasteiger partial charge on any atom is 0.261 e. The van der Waals surface area contributed by atoms with Crippen molar-refractivity contribution in [3.63, 3.8) is 0 Å². The van der Waals surface area contributed by atoms with Crippen molar-refractivity contribution >= 4 is 21.6 Å². The van der Waals surface area contributed by atoms with Crippen molar-refractivity contribution in [1.82, 2.24) is 4.90 Å². The molecule has 0 bridgehead atoms. The highest BCUT2D eigenvalue weighted by molar-refractivity contribution is 7.92. The number of carbonyl (C=O) groups excluding carboxylic acids is 1. The first-order chi connectivity index (χ1) is 15.3. The molecule has 7 nitrogen and oxygen atoms in total. The summed E-state index contributed by atoms with van der Waals surface area (Å²) in [5.74, 6) is 0.133. The van der Waals surface area contributed by atoms with E-state index in [1.54, 1.807) is 49.5 Å². The molecule has 1 N–H and O–H groups in total. The van der Waals surface area contributed by atoms with Crippen LogP contribution in [0.25, 0.3) is 0 Å². The number of hydrogen-bond acceptors (Lipinski definition) is 5. The lowest BCUT2D eigenvalue weighted by Gasteiger charge is -2.18. The molecule has 0 spiro atoms. The Labute approximate surface area is 186 Å². The maximum atomic E-state index is 13.7. The second kappa shape index (κ2) is 10.1. The molecule has 0 heterocycles. The van der Waals surface area contributed by atoms with Crippen LogP contribution < -0.4 is 14.2 Å². The van der Waals surface area contributed by atoms with Crippen molar-refractivity contribution in [2.45, 2.75) is 11.4 Å². The fourth-order valence-electron chi connectivity index (χ4n) is 2.84. The van der Waals surface area contributed by atoms with Gasteiger partial charge in [0.05, 0.1) is 17.7 Å². The molecule has 0 aliphatic heterocycles. The number of ether oxygens (including phenoxy) is 2. The SMILES string of the molecule is COc1cccc(NS(=O)(=O)c2ccc(OCC(=O)N(C)Cc3ccccc3F)cc2)c1. The number of rotatable bonds is 9. The van der Waals surface area contributed by atoms with E-state index in [-0.39, 0.29) is 29.8 Å². The summed E-state index contributed by atoms with van der Waals surface area (Å²) in [6.07, 6.45) is 0. The minimum Gasteiger partial charge on any atom is -0.497 e. The van der Waals surface area contributed by atoms with Crippen LogP contribution in [0.4, 0.5) is 10.1 Å². The molecule has 3 aromatic rings. The lowest BCUT2D eigenvalue weighted by molar-refractivity contribution is -0.132. The van der Waals surface area contributed by atoms with Gasteiger partial charge in [-0.15, -0.1) is 0 Å². The standard InChI is InChI=1S/C23H23FN2O5S/c1-26(15-17-6-3-4-9-22(17)24)23(27)16-31-19-10-12-21(13-11-19)32(28,29)25-18-7-5-8-20(14-18)30-2/h3-14,25H,15-16H2,1-2H3. The molecule has 0 saturated heterocycles. The first kappa shape index (κ1) is 23.1. The third-order valence-electron chi connectivity index (χ3n) is 4.61. The summed E-state index contributed by atoms with van der Waals surface area (Å²) in [5.41, 5.74) is 0.773. The molecule has 0 aliphatic rings. The zero-order valence-corrected chi connectivity index (χ0v) is 18.4. The summed E-state index contributed by atoms with van der Waals surface area (Å²) in [6, 6.07) is 18.5. The number of halogens is 1. The number of methoxy groups -OCH3 is 1. The molecular weight excluding hydrogens is 435 g/mol. The average Bonchev–Trinajstić information content (AvgIpc) is 2.79. The second-order valence-corrected chi connectivity index (χ2v) is 8.62. The number of carbonyl (C=O) groups is 1. The highest BCUT2D eigenvalue weighted by atomic mass is 32.2. The van der Waals surface area contributed by atoms with Gasteiger partial charge in [-0.2, -0.15) is 0 Å². The van der Waals surface area contributed by atoms with Crippen molar-refractivity contribution < 1.29 is 27.1 Å². The van der Waals surface area contributed by atoms with E-state index in [0.29, 0.717) is 22.7 Å². The summed E-state index contributed by atoms with van der Waals surface area (Å²) in [7, 11) is -0.762. The molecule has 168 valence electrons. The van der Waals surface area contributed by atoms with Crippen molar-refractivity contribution in [2.75, 3.05) is 25.5 Å².